The van der Waals surface area contributed by atoms with Gasteiger partial charge in [-0.2, -0.15) is 0 Å². The summed E-state index contributed by atoms with van der Waals surface area (Å²) in [4.78, 5) is 2.40. The topological polar surface area (TPSA) is 58.7 Å². The molecule has 0 radical (unpaired) electrons. The van der Waals surface area contributed by atoms with Crippen molar-refractivity contribution in [2.75, 3.05) is 32.8 Å². The van der Waals surface area contributed by atoms with Gasteiger partial charge in [-0.25, -0.2) is 0 Å². The molecule has 0 aromatic heterocycles. The Hall–Kier alpha value is -0.160. The van der Waals surface area contributed by atoms with Crippen LogP contribution in [0.15, 0.2) is 0 Å². The Labute approximate surface area is 98.8 Å². The Morgan fingerprint density at radius 1 is 1.50 bits per heavy atom. The Morgan fingerprint density at radius 3 is 2.75 bits per heavy atom. The molecule has 1 aliphatic rings. The van der Waals surface area contributed by atoms with Gasteiger partial charge in [-0.15, -0.1) is 0 Å². The largest absolute Gasteiger partial charge is 0.389 e. The minimum Gasteiger partial charge on any atom is -0.389 e. The van der Waals surface area contributed by atoms with Crippen LogP contribution in [0, 0.1) is 0 Å². The number of nitrogens with zero attached hydrogens (tertiary/aromatic N) is 1. The molecule has 1 saturated heterocycles. The molecule has 1 rings (SSSR count). The number of hydrogen-bond donors (Lipinski definition) is 2. The van der Waals surface area contributed by atoms with Gasteiger partial charge in [0.15, 0.2) is 0 Å². The second-order valence-electron chi connectivity index (χ2n) is 5.69. The molecule has 4 nitrogen and oxygen atoms in total. The van der Waals surface area contributed by atoms with Crippen LogP contribution in [0.3, 0.4) is 0 Å². The van der Waals surface area contributed by atoms with E-state index in [9.17, 15) is 5.11 Å². The van der Waals surface area contributed by atoms with Gasteiger partial charge in [0, 0.05) is 19.6 Å². The lowest BCUT2D eigenvalue weighted by atomic mass is 10.00. The molecule has 96 valence electrons. The van der Waals surface area contributed by atoms with Crippen LogP contribution in [0.4, 0.5) is 0 Å². The van der Waals surface area contributed by atoms with Gasteiger partial charge in [-0.3, -0.25) is 4.90 Å². The lowest BCUT2D eigenvalue weighted by Gasteiger charge is -2.38. The molecule has 1 aliphatic heterocycles. The summed E-state index contributed by atoms with van der Waals surface area (Å²) in [5, 5.41) is 9.79. The van der Waals surface area contributed by atoms with Crippen molar-refractivity contribution in [2.24, 2.45) is 5.73 Å². The summed E-state index contributed by atoms with van der Waals surface area (Å²) < 4.78 is 5.65. The molecule has 1 fully saturated rings. The van der Waals surface area contributed by atoms with Crippen molar-refractivity contribution >= 4 is 0 Å². The van der Waals surface area contributed by atoms with Gasteiger partial charge in [-0.1, -0.05) is 0 Å². The third-order valence-corrected chi connectivity index (χ3v) is 3.13. The highest BCUT2D eigenvalue weighted by Crippen LogP contribution is 2.17. The van der Waals surface area contributed by atoms with E-state index in [1.165, 1.54) is 0 Å². The Balaban J connectivity index is 2.23. The molecule has 0 bridgehead atoms. The van der Waals surface area contributed by atoms with Crippen LogP contribution >= 0.6 is 0 Å². The van der Waals surface area contributed by atoms with Crippen LogP contribution in [0.5, 0.6) is 0 Å². The molecule has 4 heteroatoms. The normalized spacial score (nSPS) is 25.3. The molecule has 1 atom stereocenters. The summed E-state index contributed by atoms with van der Waals surface area (Å²) in [7, 11) is 0. The zero-order valence-electron chi connectivity index (χ0n) is 10.8. The highest BCUT2D eigenvalue weighted by molar-refractivity contribution is 4.80. The fourth-order valence-corrected chi connectivity index (χ4v) is 2.09. The minimum atomic E-state index is -0.707. The molecule has 3 N–H and O–H groups in total. The summed E-state index contributed by atoms with van der Waals surface area (Å²) in [6.45, 7) is 10.2. The molecular weight excluding hydrogens is 204 g/mol. The van der Waals surface area contributed by atoms with Crippen LogP contribution in [-0.2, 0) is 4.74 Å². The number of morpholine rings is 1. The first-order valence-electron chi connectivity index (χ1n) is 6.13. The average molecular weight is 230 g/mol. The molecule has 0 amide bonds. The van der Waals surface area contributed by atoms with Crippen molar-refractivity contribution in [3.05, 3.63) is 0 Å². The third-order valence-electron chi connectivity index (χ3n) is 3.13. The zero-order chi connectivity index (χ0) is 12.2. The van der Waals surface area contributed by atoms with E-state index < -0.39 is 5.60 Å². The van der Waals surface area contributed by atoms with Gasteiger partial charge in [0.1, 0.15) is 0 Å². The van der Waals surface area contributed by atoms with Gasteiger partial charge < -0.3 is 15.6 Å². The van der Waals surface area contributed by atoms with E-state index in [0.717, 1.165) is 39.1 Å². The monoisotopic (exact) mass is 230 g/mol. The second-order valence-corrected chi connectivity index (χ2v) is 5.69. The number of nitrogens with two attached hydrogens (primary N) is 1. The number of aliphatic hydroxyl groups is 1. The van der Waals surface area contributed by atoms with Gasteiger partial charge in [0.05, 0.1) is 17.8 Å². The van der Waals surface area contributed by atoms with Crippen LogP contribution in [0.1, 0.15) is 33.6 Å². The first-order chi connectivity index (χ1) is 7.35. The van der Waals surface area contributed by atoms with Gasteiger partial charge in [0.25, 0.3) is 0 Å². The SMILES string of the molecule is CC(O)(CN)CCCN1CCOC(C)(C)C1. The van der Waals surface area contributed by atoms with E-state index in [1.807, 2.05) is 0 Å². The van der Waals surface area contributed by atoms with Crippen LogP contribution in [0.25, 0.3) is 0 Å². The van der Waals surface area contributed by atoms with Crippen molar-refractivity contribution in [2.45, 2.75) is 44.8 Å². The van der Waals surface area contributed by atoms with E-state index in [4.69, 9.17) is 10.5 Å². The zero-order valence-corrected chi connectivity index (χ0v) is 10.8. The summed E-state index contributed by atoms with van der Waals surface area (Å²) >= 11 is 0. The summed E-state index contributed by atoms with van der Waals surface area (Å²) in [5.74, 6) is 0. The van der Waals surface area contributed by atoms with E-state index in [0.29, 0.717) is 6.54 Å². The molecule has 16 heavy (non-hydrogen) atoms. The molecule has 0 aliphatic carbocycles. The second kappa shape index (κ2) is 5.45. The first-order valence-corrected chi connectivity index (χ1v) is 6.13. The first kappa shape index (κ1) is 13.9. The molecule has 0 spiro atoms. The summed E-state index contributed by atoms with van der Waals surface area (Å²) in [6.07, 6.45) is 1.75. The molecule has 1 unspecified atom stereocenters. The molecule has 0 aromatic rings. The van der Waals surface area contributed by atoms with Crippen molar-refractivity contribution in [1.82, 2.24) is 4.90 Å². The van der Waals surface area contributed by atoms with E-state index in [1.54, 1.807) is 6.92 Å². The lowest BCUT2D eigenvalue weighted by Crippen LogP contribution is -2.48. The van der Waals surface area contributed by atoms with Crippen LogP contribution < -0.4 is 5.73 Å². The molecular formula is C12H26N2O2. The van der Waals surface area contributed by atoms with E-state index in [-0.39, 0.29) is 5.60 Å². The summed E-state index contributed by atoms with van der Waals surface area (Å²) in [5.41, 5.74) is 4.75. The molecule has 0 saturated carbocycles. The maximum atomic E-state index is 9.79. The Bertz CT molecular complexity index is 217. The fraction of sp³-hybridized carbons (Fsp3) is 1.00. The Morgan fingerprint density at radius 2 is 2.19 bits per heavy atom. The van der Waals surface area contributed by atoms with Gasteiger partial charge in [-0.05, 0) is 40.2 Å². The maximum Gasteiger partial charge on any atom is 0.0753 e. The predicted octanol–water partition coefficient (Wildman–Crippen LogP) is 0.587. The number of rotatable bonds is 5. The standard InChI is InChI=1S/C12H26N2O2/c1-11(2)10-14(7-8-16-11)6-4-5-12(3,15)9-13/h15H,4-10,13H2,1-3H3. The van der Waals surface area contributed by atoms with Gasteiger partial charge >= 0.3 is 0 Å². The Kier molecular flexibility index (Phi) is 4.73. The van der Waals surface area contributed by atoms with Crippen molar-refractivity contribution in [3.63, 3.8) is 0 Å². The number of hydrogen-bond acceptors (Lipinski definition) is 4. The lowest BCUT2D eigenvalue weighted by molar-refractivity contribution is -0.0869. The van der Waals surface area contributed by atoms with Crippen LogP contribution in [0.2, 0.25) is 0 Å². The highest BCUT2D eigenvalue weighted by atomic mass is 16.5. The summed E-state index contributed by atoms with van der Waals surface area (Å²) in [6, 6.07) is 0. The van der Waals surface area contributed by atoms with E-state index >= 15 is 0 Å². The quantitative estimate of drug-likeness (QED) is 0.725. The van der Waals surface area contributed by atoms with Crippen molar-refractivity contribution in [3.8, 4) is 0 Å². The van der Waals surface area contributed by atoms with Gasteiger partial charge in [0.2, 0.25) is 0 Å². The smallest absolute Gasteiger partial charge is 0.0753 e. The van der Waals surface area contributed by atoms with Crippen LogP contribution in [-0.4, -0.2) is 54.0 Å². The highest BCUT2D eigenvalue weighted by Gasteiger charge is 2.27. The maximum absolute atomic E-state index is 9.79. The molecule has 1 heterocycles. The molecule has 0 aromatic carbocycles. The predicted molar refractivity (Wildman–Crippen MR) is 65.4 cm³/mol. The fourth-order valence-electron chi connectivity index (χ4n) is 2.09. The third kappa shape index (κ3) is 4.78. The van der Waals surface area contributed by atoms with E-state index in [2.05, 4.69) is 18.7 Å². The van der Waals surface area contributed by atoms with Crippen molar-refractivity contribution in [1.29, 1.82) is 0 Å². The average Bonchev–Trinajstić information content (AvgIpc) is 2.16. The van der Waals surface area contributed by atoms with Crippen molar-refractivity contribution < 1.29 is 9.84 Å². The number of ether oxygens (including phenoxy) is 1. The minimum absolute atomic E-state index is 0.0331.